The number of non-ortho nitro benzene ring substituents is 1. The lowest BCUT2D eigenvalue weighted by Crippen LogP contribution is -2.64. The van der Waals surface area contributed by atoms with Gasteiger partial charge in [-0.05, 0) is 61.0 Å². The van der Waals surface area contributed by atoms with Crippen molar-refractivity contribution in [3.05, 3.63) is 52.3 Å². The van der Waals surface area contributed by atoms with Crippen molar-refractivity contribution in [2.75, 3.05) is 12.4 Å². The molecular formula is C25H33F2N3O8S. The summed E-state index contributed by atoms with van der Waals surface area (Å²) in [6.45, 7) is 11.9. The highest BCUT2D eigenvalue weighted by atomic mass is 32.2. The summed E-state index contributed by atoms with van der Waals surface area (Å²) in [6, 6.07) is 2.44. The predicted octanol–water partition coefficient (Wildman–Crippen LogP) is 5.23. The monoisotopic (exact) mass is 573 g/mol. The summed E-state index contributed by atoms with van der Waals surface area (Å²) in [4.78, 5) is 41.8. The van der Waals surface area contributed by atoms with E-state index < -0.39 is 90.2 Å². The molecule has 216 valence electrons. The number of carbonyl (C=O) groups excluding carboxylic acids is 2. The number of aliphatic imine (C=N–C) groups is 1. The van der Waals surface area contributed by atoms with Crippen molar-refractivity contribution in [3.63, 3.8) is 0 Å². The van der Waals surface area contributed by atoms with Gasteiger partial charge in [0.25, 0.3) is 5.69 Å². The van der Waals surface area contributed by atoms with E-state index in [0.717, 1.165) is 31.2 Å². The van der Waals surface area contributed by atoms with E-state index >= 15 is 4.39 Å². The summed E-state index contributed by atoms with van der Waals surface area (Å²) in [6.07, 6.45) is -2.39. The Balaban J connectivity index is 3.03. The van der Waals surface area contributed by atoms with Crippen LogP contribution in [-0.4, -0.2) is 64.6 Å². The second-order valence-electron chi connectivity index (χ2n) is 11.3. The van der Waals surface area contributed by atoms with Crippen LogP contribution in [0, 0.1) is 15.9 Å². The van der Waals surface area contributed by atoms with Gasteiger partial charge in [-0.15, -0.1) is 6.58 Å². The standard InChI is InChI=1S/C25H33F2N3O8S/c1-9-12-25(14-26)19(29(20(31)37-22(2,3)4)21(32)38-23(5,6)7)28-24(8,15-39(25,35)36)17-13-16(30(33)34)10-11-18(17)27/h9-11,13H,1,12,14-15H2,2-8H3. The molecule has 39 heavy (non-hydrogen) atoms. The quantitative estimate of drug-likeness (QED) is 0.264. The minimum atomic E-state index is -4.72. The van der Waals surface area contributed by atoms with E-state index in [1.807, 2.05) is 0 Å². The molecule has 2 atom stereocenters. The van der Waals surface area contributed by atoms with Crippen LogP contribution in [0.1, 0.15) is 60.5 Å². The van der Waals surface area contributed by atoms with Gasteiger partial charge in [0.05, 0.1) is 10.7 Å². The maximum atomic E-state index is 15.1. The first-order valence-electron chi connectivity index (χ1n) is 11.8. The molecule has 0 N–H and O–H groups in total. The zero-order valence-electron chi connectivity index (χ0n) is 22.9. The molecule has 0 saturated heterocycles. The zero-order valence-corrected chi connectivity index (χ0v) is 23.7. The Morgan fingerprint density at radius 3 is 2.10 bits per heavy atom. The van der Waals surface area contributed by atoms with E-state index in [1.165, 1.54) is 41.5 Å². The summed E-state index contributed by atoms with van der Waals surface area (Å²) in [5.41, 5.74) is -5.61. The number of nitro groups is 1. The molecule has 0 aliphatic carbocycles. The van der Waals surface area contributed by atoms with Crippen LogP contribution in [0.15, 0.2) is 35.8 Å². The van der Waals surface area contributed by atoms with Gasteiger partial charge in [-0.1, -0.05) is 6.08 Å². The van der Waals surface area contributed by atoms with Gasteiger partial charge in [0.15, 0.2) is 14.6 Å². The molecule has 1 aliphatic heterocycles. The fraction of sp³-hybridized carbons (Fsp3) is 0.560. The lowest BCUT2D eigenvalue weighted by atomic mass is 9.92. The highest BCUT2D eigenvalue weighted by molar-refractivity contribution is 7.93. The third kappa shape index (κ3) is 6.60. The van der Waals surface area contributed by atoms with E-state index in [4.69, 9.17) is 9.47 Å². The van der Waals surface area contributed by atoms with Gasteiger partial charge in [0.2, 0.25) is 0 Å². The molecule has 0 bridgehead atoms. The summed E-state index contributed by atoms with van der Waals surface area (Å²) in [5, 5.41) is 11.4. The lowest BCUT2D eigenvalue weighted by Gasteiger charge is -2.43. The van der Waals surface area contributed by atoms with Gasteiger partial charge in [-0.2, -0.15) is 4.90 Å². The number of hydrogen-bond donors (Lipinski definition) is 0. The Labute approximate surface area is 225 Å². The molecule has 1 aromatic carbocycles. The van der Waals surface area contributed by atoms with Crippen LogP contribution in [0.3, 0.4) is 0 Å². The van der Waals surface area contributed by atoms with Crippen LogP contribution in [-0.2, 0) is 24.8 Å². The predicted molar refractivity (Wildman–Crippen MR) is 139 cm³/mol. The van der Waals surface area contributed by atoms with E-state index in [-0.39, 0.29) is 4.90 Å². The molecule has 1 heterocycles. The number of nitrogens with zero attached hydrogens (tertiary/aromatic N) is 3. The topological polar surface area (TPSA) is 145 Å². The zero-order chi connectivity index (χ0) is 30.2. The van der Waals surface area contributed by atoms with E-state index in [2.05, 4.69) is 11.6 Å². The molecule has 0 saturated carbocycles. The molecule has 1 aromatic rings. The van der Waals surface area contributed by atoms with Crippen molar-refractivity contribution in [1.82, 2.24) is 4.90 Å². The van der Waals surface area contributed by atoms with Crippen molar-refractivity contribution in [1.29, 1.82) is 0 Å². The Morgan fingerprint density at radius 1 is 1.18 bits per heavy atom. The summed E-state index contributed by atoms with van der Waals surface area (Å²) < 4.78 is 65.6. The van der Waals surface area contributed by atoms with E-state index in [1.54, 1.807) is 0 Å². The molecule has 2 rings (SSSR count). The van der Waals surface area contributed by atoms with Crippen LogP contribution >= 0.6 is 0 Å². The Morgan fingerprint density at radius 2 is 1.69 bits per heavy atom. The second-order valence-corrected chi connectivity index (χ2v) is 13.6. The van der Waals surface area contributed by atoms with Gasteiger partial charge < -0.3 is 9.47 Å². The molecule has 2 amide bonds. The highest BCUT2D eigenvalue weighted by Gasteiger charge is 2.60. The lowest BCUT2D eigenvalue weighted by molar-refractivity contribution is -0.385. The third-order valence-electron chi connectivity index (χ3n) is 5.62. The number of carbonyl (C=O) groups is 2. The Hall–Kier alpha value is -3.42. The number of allylic oxidation sites excluding steroid dienone is 1. The molecule has 14 heteroatoms. The van der Waals surface area contributed by atoms with E-state index in [9.17, 15) is 32.5 Å². The molecule has 0 aromatic heterocycles. The number of amides is 2. The van der Waals surface area contributed by atoms with Crippen LogP contribution in [0.25, 0.3) is 0 Å². The average molecular weight is 574 g/mol. The molecular weight excluding hydrogens is 540 g/mol. The number of imide groups is 1. The number of nitro benzene ring substituents is 1. The number of alkyl halides is 1. The minimum absolute atomic E-state index is 0.184. The first-order valence-corrected chi connectivity index (χ1v) is 13.5. The van der Waals surface area contributed by atoms with Gasteiger partial charge >= 0.3 is 12.2 Å². The number of amidine groups is 1. The number of hydrogen-bond acceptors (Lipinski definition) is 9. The normalized spacial score (nSPS) is 22.8. The largest absolute Gasteiger partial charge is 0.443 e. The Bertz CT molecular complexity index is 1290. The summed E-state index contributed by atoms with van der Waals surface area (Å²) in [7, 11) is -4.72. The van der Waals surface area contributed by atoms with Crippen molar-refractivity contribution < 1.29 is 41.2 Å². The number of halogens is 2. The fourth-order valence-electron chi connectivity index (χ4n) is 3.96. The first kappa shape index (κ1) is 31.8. The molecule has 0 fully saturated rings. The fourth-order valence-corrected chi connectivity index (χ4v) is 6.15. The van der Waals surface area contributed by atoms with Crippen LogP contribution in [0.2, 0.25) is 0 Å². The van der Waals surface area contributed by atoms with Gasteiger partial charge in [-0.25, -0.2) is 26.8 Å². The van der Waals surface area contributed by atoms with Crippen molar-refractivity contribution in [2.24, 2.45) is 4.99 Å². The Kier molecular flexibility index (Phi) is 8.66. The molecule has 11 nitrogen and oxygen atoms in total. The van der Waals surface area contributed by atoms with Crippen LogP contribution < -0.4 is 0 Å². The summed E-state index contributed by atoms with van der Waals surface area (Å²) in [5.74, 6) is -2.97. The molecule has 0 radical (unpaired) electrons. The number of ether oxygens (including phenoxy) is 2. The third-order valence-corrected chi connectivity index (χ3v) is 8.21. The number of rotatable bonds is 5. The van der Waals surface area contributed by atoms with Crippen molar-refractivity contribution in [3.8, 4) is 0 Å². The second kappa shape index (κ2) is 10.6. The smallest absolute Gasteiger partial charge is 0.425 e. The highest BCUT2D eigenvalue weighted by Crippen LogP contribution is 2.43. The number of benzene rings is 1. The van der Waals surface area contributed by atoms with Gasteiger partial charge in [0, 0.05) is 17.7 Å². The molecule has 0 spiro atoms. The maximum absolute atomic E-state index is 15.1. The first-order chi connectivity index (χ1) is 17.6. The molecule has 1 aliphatic rings. The average Bonchev–Trinajstić information content (AvgIpc) is 2.73. The van der Waals surface area contributed by atoms with Crippen molar-refractivity contribution >= 4 is 33.5 Å². The van der Waals surface area contributed by atoms with E-state index in [0.29, 0.717) is 0 Å². The summed E-state index contributed by atoms with van der Waals surface area (Å²) >= 11 is 0. The van der Waals surface area contributed by atoms with Gasteiger partial charge in [-0.3, -0.25) is 15.1 Å². The molecule has 2 unspecified atom stereocenters. The van der Waals surface area contributed by atoms with Crippen LogP contribution in [0.5, 0.6) is 0 Å². The minimum Gasteiger partial charge on any atom is -0.443 e. The van der Waals surface area contributed by atoms with Gasteiger partial charge in [0.1, 0.15) is 35.1 Å². The number of sulfone groups is 1. The SMILES string of the molecule is C=CCC1(CF)C(N(C(=O)OC(C)(C)C)C(=O)OC(C)(C)C)=NC(C)(c2cc([N+](=O)[O-])ccc2F)CS1(=O)=O. The van der Waals surface area contributed by atoms with Crippen LogP contribution in [0.4, 0.5) is 24.1 Å². The maximum Gasteiger partial charge on any atom is 0.425 e. The van der Waals surface area contributed by atoms with Crippen molar-refractivity contribution in [2.45, 2.75) is 76.4 Å².